The normalized spacial score (nSPS) is 10.5. The van der Waals surface area contributed by atoms with Crippen molar-refractivity contribution in [3.8, 4) is 5.75 Å². The number of halogens is 2. The molecule has 0 radical (unpaired) electrons. The Morgan fingerprint density at radius 1 is 1.00 bits per heavy atom. The van der Waals surface area contributed by atoms with Crippen LogP contribution < -0.4 is 10.1 Å². The minimum atomic E-state index is -0.355. The fraction of sp³-hybridized carbons (Fsp3) is 0.136. The number of anilines is 1. The largest absolute Gasteiger partial charge is 0.489 e. The molecule has 0 saturated carbocycles. The van der Waals surface area contributed by atoms with Gasteiger partial charge in [0.05, 0.1) is 5.75 Å². The predicted octanol–water partition coefficient (Wildman–Crippen LogP) is 5.93. The summed E-state index contributed by atoms with van der Waals surface area (Å²) >= 11 is 7.30. The summed E-state index contributed by atoms with van der Waals surface area (Å²) in [5.41, 5.74) is 2.19. The third kappa shape index (κ3) is 6.01. The highest BCUT2D eigenvalue weighted by molar-refractivity contribution is 7.99. The van der Waals surface area contributed by atoms with Crippen LogP contribution >= 0.6 is 23.4 Å². The van der Waals surface area contributed by atoms with Crippen molar-refractivity contribution in [2.24, 2.45) is 0 Å². The van der Waals surface area contributed by atoms with E-state index in [9.17, 15) is 9.18 Å². The van der Waals surface area contributed by atoms with Gasteiger partial charge in [-0.3, -0.25) is 4.79 Å². The zero-order valence-corrected chi connectivity index (χ0v) is 16.6. The highest BCUT2D eigenvalue weighted by atomic mass is 35.5. The first-order valence-electron chi connectivity index (χ1n) is 8.69. The summed E-state index contributed by atoms with van der Waals surface area (Å²) in [5.74, 6) is 0.759. The molecule has 0 aliphatic carbocycles. The van der Waals surface area contributed by atoms with Crippen LogP contribution in [0.2, 0.25) is 5.02 Å². The molecule has 0 fully saturated rings. The number of hydrogen-bond donors (Lipinski definition) is 1. The maximum Gasteiger partial charge on any atom is 0.234 e. The standard InChI is InChI=1S/C22H19ClFNO2S/c23-20-7-4-8-21(24)19(20)14-28-15-22(26)25-17-9-11-18(12-10-17)27-13-16-5-2-1-3-6-16/h1-12H,13-15H2,(H,25,26). The van der Waals surface area contributed by atoms with E-state index in [1.54, 1.807) is 24.3 Å². The molecule has 0 heterocycles. The van der Waals surface area contributed by atoms with Crippen LogP contribution in [0, 0.1) is 5.82 Å². The first-order chi connectivity index (χ1) is 13.6. The van der Waals surface area contributed by atoms with Gasteiger partial charge >= 0.3 is 0 Å². The van der Waals surface area contributed by atoms with E-state index in [2.05, 4.69) is 5.32 Å². The lowest BCUT2D eigenvalue weighted by Crippen LogP contribution is -2.14. The molecule has 0 saturated heterocycles. The van der Waals surface area contributed by atoms with E-state index < -0.39 is 0 Å². The van der Waals surface area contributed by atoms with Crippen molar-refractivity contribution in [2.75, 3.05) is 11.1 Å². The van der Waals surface area contributed by atoms with Crippen LogP contribution in [0.1, 0.15) is 11.1 Å². The summed E-state index contributed by atoms with van der Waals surface area (Å²) in [4.78, 5) is 12.1. The van der Waals surface area contributed by atoms with E-state index in [0.717, 1.165) is 11.3 Å². The molecular weight excluding hydrogens is 397 g/mol. The minimum Gasteiger partial charge on any atom is -0.489 e. The van der Waals surface area contributed by atoms with Gasteiger partial charge in [0.25, 0.3) is 0 Å². The Balaban J connectivity index is 1.44. The molecule has 0 spiro atoms. The average Bonchev–Trinajstić information content (AvgIpc) is 2.70. The van der Waals surface area contributed by atoms with Gasteiger partial charge in [-0.25, -0.2) is 4.39 Å². The maximum atomic E-state index is 13.7. The molecule has 3 nitrogen and oxygen atoms in total. The molecule has 3 aromatic carbocycles. The number of carbonyl (C=O) groups excluding carboxylic acids is 1. The van der Waals surface area contributed by atoms with E-state index in [4.69, 9.17) is 16.3 Å². The third-order valence-electron chi connectivity index (χ3n) is 3.93. The second-order valence-corrected chi connectivity index (χ2v) is 7.43. The molecule has 0 bridgehead atoms. The Hall–Kier alpha value is -2.50. The molecule has 0 aliphatic heterocycles. The Labute approximate surface area is 172 Å². The molecule has 0 unspecified atom stereocenters. The minimum absolute atomic E-state index is 0.157. The Morgan fingerprint density at radius 2 is 1.75 bits per heavy atom. The second kappa shape index (κ2) is 10.2. The predicted molar refractivity (Wildman–Crippen MR) is 113 cm³/mol. The Bertz CT molecular complexity index is 899. The van der Waals surface area contributed by atoms with Crippen LogP contribution in [0.4, 0.5) is 10.1 Å². The molecular formula is C22H19ClFNO2S. The number of rotatable bonds is 8. The quantitative estimate of drug-likeness (QED) is 0.495. The molecule has 0 aliphatic rings. The average molecular weight is 416 g/mol. The van der Waals surface area contributed by atoms with Gasteiger partial charge in [-0.05, 0) is 42.0 Å². The summed E-state index contributed by atoms with van der Waals surface area (Å²) < 4.78 is 19.4. The van der Waals surface area contributed by atoms with Gasteiger partial charge in [0, 0.05) is 22.0 Å². The molecule has 0 aromatic heterocycles. The van der Waals surface area contributed by atoms with Crippen molar-refractivity contribution in [3.63, 3.8) is 0 Å². The number of amides is 1. The fourth-order valence-electron chi connectivity index (χ4n) is 2.49. The van der Waals surface area contributed by atoms with Crippen LogP contribution in [0.25, 0.3) is 0 Å². The zero-order valence-electron chi connectivity index (χ0n) is 15.0. The second-order valence-electron chi connectivity index (χ2n) is 6.04. The lowest BCUT2D eigenvalue weighted by Gasteiger charge is -2.09. The fourth-order valence-corrected chi connectivity index (χ4v) is 3.65. The van der Waals surface area contributed by atoms with Gasteiger partial charge in [0.2, 0.25) is 5.91 Å². The van der Waals surface area contributed by atoms with Crippen molar-refractivity contribution in [1.82, 2.24) is 0 Å². The highest BCUT2D eigenvalue weighted by Gasteiger charge is 2.09. The lowest BCUT2D eigenvalue weighted by atomic mass is 10.2. The Kier molecular flexibility index (Phi) is 7.34. The smallest absolute Gasteiger partial charge is 0.234 e. The van der Waals surface area contributed by atoms with Crippen molar-refractivity contribution in [1.29, 1.82) is 0 Å². The zero-order chi connectivity index (χ0) is 19.8. The lowest BCUT2D eigenvalue weighted by molar-refractivity contribution is -0.113. The van der Waals surface area contributed by atoms with Gasteiger partial charge < -0.3 is 10.1 Å². The number of thioether (sulfide) groups is 1. The van der Waals surface area contributed by atoms with E-state index in [1.165, 1.54) is 17.8 Å². The van der Waals surface area contributed by atoms with Gasteiger partial charge in [0.1, 0.15) is 18.2 Å². The monoisotopic (exact) mass is 415 g/mol. The summed E-state index contributed by atoms with van der Waals surface area (Å²) in [6.07, 6.45) is 0. The summed E-state index contributed by atoms with van der Waals surface area (Å²) in [7, 11) is 0. The van der Waals surface area contributed by atoms with Crippen LogP contribution in [0.15, 0.2) is 72.8 Å². The van der Waals surface area contributed by atoms with Crippen molar-refractivity contribution < 1.29 is 13.9 Å². The number of hydrogen-bond acceptors (Lipinski definition) is 3. The van der Waals surface area contributed by atoms with Gasteiger partial charge in [0.15, 0.2) is 0 Å². The number of carbonyl (C=O) groups is 1. The first-order valence-corrected chi connectivity index (χ1v) is 10.2. The van der Waals surface area contributed by atoms with E-state index >= 15 is 0 Å². The van der Waals surface area contributed by atoms with Crippen LogP contribution in [0.3, 0.4) is 0 Å². The third-order valence-corrected chi connectivity index (χ3v) is 5.24. The number of benzene rings is 3. The molecule has 6 heteroatoms. The van der Waals surface area contributed by atoms with Crippen molar-refractivity contribution >= 4 is 35.0 Å². The molecule has 3 aromatic rings. The molecule has 28 heavy (non-hydrogen) atoms. The van der Waals surface area contributed by atoms with Crippen LogP contribution in [0.5, 0.6) is 5.75 Å². The molecule has 0 atom stereocenters. The Morgan fingerprint density at radius 3 is 2.46 bits per heavy atom. The molecule has 144 valence electrons. The van der Waals surface area contributed by atoms with Crippen LogP contribution in [-0.4, -0.2) is 11.7 Å². The van der Waals surface area contributed by atoms with E-state index in [1.807, 2.05) is 42.5 Å². The van der Waals surface area contributed by atoms with Crippen molar-refractivity contribution in [3.05, 3.63) is 94.8 Å². The molecule has 1 N–H and O–H groups in total. The highest BCUT2D eigenvalue weighted by Crippen LogP contribution is 2.24. The SMILES string of the molecule is O=C(CSCc1c(F)cccc1Cl)Nc1ccc(OCc2ccccc2)cc1. The first kappa shape index (κ1) is 20.2. The summed E-state index contributed by atoms with van der Waals surface area (Å²) in [5, 5.41) is 3.19. The molecule has 1 amide bonds. The maximum absolute atomic E-state index is 13.7. The van der Waals surface area contributed by atoms with Gasteiger partial charge in [-0.1, -0.05) is 48.0 Å². The summed E-state index contributed by atoms with van der Waals surface area (Å²) in [6, 6.07) is 21.7. The number of nitrogens with one attached hydrogen (secondary N) is 1. The number of ether oxygens (including phenoxy) is 1. The van der Waals surface area contributed by atoms with Crippen LogP contribution in [-0.2, 0) is 17.2 Å². The summed E-state index contributed by atoms with van der Waals surface area (Å²) in [6.45, 7) is 0.488. The van der Waals surface area contributed by atoms with E-state index in [0.29, 0.717) is 28.6 Å². The van der Waals surface area contributed by atoms with Gasteiger partial charge in [-0.2, -0.15) is 0 Å². The van der Waals surface area contributed by atoms with Crippen molar-refractivity contribution in [2.45, 2.75) is 12.4 Å². The topological polar surface area (TPSA) is 38.3 Å². The van der Waals surface area contributed by atoms with Gasteiger partial charge in [-0.15, -0.1) is 11.8 Å². The van der Waals surface area contributed by atoms with E-state index in [-0.39, 0.29) is 17.5 Å². The molecule has 3 rings (SSSR count).